The van der Waals surface area contributed by atoms with Crippen LogP contribution in [-0.2, 0) is 16.1 Å². The maximum atomic E-state index is 13.4. The monoisotopic (exact) mass is 411 g/mol. The summed E-state index contributed by atoms with van der Waals surface area (Å²) in [5, 5.41) is 0. The van der Waals surface area contributed by atoms with Crippen molar-refractivity contribution in [2.24, 2.45) is 11.8 Å². The molecule has 3 fully saturated rings. The van der Waals surface area contributed by atoms with Crippen LogP contribution in [0.1, 0.15) is 56.9 Å². The molecule has 0 aliphatic carbocycles. The van der Waals surface area contributed by atoms with E-state index in [4.69, 9.17) is 0 Å². The van der Waals surface area contributed by atoms with E-state index in [0.717, 1.165) is 84.2 Å². The van der Waals surface area contributed by atoms with Crippen LogP contribution < -0.4 is 0 Å². The summed E-state index contributed by atoms with van der Waals surface area (Å²) in [6.07, 6.45) is 8.93. The molecule has 0 aromatic heterocycles. The maximum Gasteiger partial charge on any atom is 0.236 e. The summed E-state index contributed by atoms with van der Waals surface area (Å²) in [5.41, 5.74) is 1.22. The van der Waals surface area contributed by atoms with Gasteiger partial charge < -0.3 is 9.80 Å². The molecule has 0 N–H and O–H groups in total. The Kier molecular flexibility index (Phi) is 7.42. The molecule has 0 bridgehead atoms. The predicted molar refractivity (Wildman–Crippen MR) is 119 cm³/mol. The van der Waals surface area contributed by atoms with E-state index in [9.17, 15) is 9.59 Å². The minimum absolute atomic E-state index is 0.163. The fourth-order valence-electron chi connectivity index (χ4n) is 5.48. The number of carbonyl (C=O) groups excluding carboxylic acids is 2. The molecule has 0 saturated carbocycles. The summed E-state index contributed by atoms with van der Waals surface area (Å²) in [7, 11) is 0. The molecule has 0 radical (unpaired) electrons. The Labute approximate surface area is 181 Å². The number of nitrogens with zero attached hydrogens (tertiary/aromatic N) is 3. The number of carbonyl (C=O) groups is 2. The van der Waals surface area contributed by atoms with Gasteiger partial charge in [0.1, 0.15) is 0 Å². The molecule has 3 heterocycles. The van der Waals surface area contributed by atoms with Gasteiger partial charge in [-0.1, -0.05) is 36.8 Å². The minimum Gasteiger partial charge on any atom is -0.342 e. The second-order valence-electron chi connectivity index (χ2n) is 9.40. The summed E-state index contributed by atoms with van der Waals surface area (Å²) < 4.78 is 0. The molecule has 0 spiro atoms. The molecule has 4 rings (SSSR count). The van der Waals surface area contributed by atoms with Crippen LogP contribution in [-0.4, -0.2) is 65.8 Å². The van der Waals surface area contributed by atoms with E-state index in [1.54, 1.807) is 0 Å². The third-order valence-corrected chi connectivity index (χ3v) is 7.31. The van der Waals surface area contributed by atoms with Gasteiger partial charge in [-0.15, -0.1) is 0 Å². The van der Waals surface area contributed by atoms with E-state index >= 15 is 0 Å². The number of benzene rings is 1. The van der Waals surface area contributed by atoms with Crippen molar-refractivity contribution in [2.45, 2.75) is 57.9 Å². The lowest BCUT2D eigenvalue weighted by Gasteiger charge is -2.37. The van der Waals surface area contributed by atoms with Gasteiger partial charge in [0.15, 0.2) is 0 Å². The lowest BCUT2D eigenvalue weighted by atomic mass is 9.81. The molecule has 1 atom stereocenters. The summed E-state index contributed by atoms with van der Waals surface area (Å²) in [4.78, 5) is 32.4. The highest BCUT2D eigenvalue weighted by molar-refractivity contribution is 5.79. The van der Waals surface area contributed by atoms with E-state index in [-0.39, 0.29) is 5.92 Å². The quantitative estimate of drug-likeness (QED) is 0.744. The fourth-order valence-corrected chi connectivity index (χ4v) is 5.48. The maximum absolute atomic E-state index is 13.4. The zero-order valence-corrected chi connectivity index (χ0v) is 18.3. The molecule has 30 heavy (non-hydrogen) atoms. The van der Waals surface area contributed by atoms with E-state index in [1.165, 1.54) is 12.0 Å². The standard InChI is InChI=1S/C25H37N3O2/c29-24(27-14-6-2-7-15-27)20-26-17-12-22(13-18-26)23-11-5-8-16-28(25(23)30)19-21-9-3-1-4-10-21/h1,3-4,9-10,22-23H,2,5-8,11-20H2/t23-/m1/s1. The zero-order chi connectivity index (χ0) is 20.8. The van der Waals surface area contributed by atoms with Crippen molar-refractivity contribution in [2.75, 3.05) is 39.3 Å². The van der Waals surface area contributed by atoms with Gasteiger partial charge in [0.2, 0.25) is 11.8 Å². The van der Waals surface area contributed by atoms with Crippen molar-refractivity contribution in [1.82, 2.24) is 14.7 Å². The SMILES string of the molecule is O=C(CN1CCC([C@H]2CCCCN(Cc3ccccc3)C2=O)CC1)N1CCCCC1. The lowest BCUT2D eigenvalue weighted by Crippen LogP contribution is -2.46. The van der Waals surface area contributed by atoms with Gasteiger partial charge in [0, 0.05) is 32.1 Å². The molecule has 2 amide bonds. The average Bonchev–Trinajstić information content (AvgIpc) is 2.97. The van der Waals surface area contributed by atoms with Gasteiger partial charge in [-0.2, -0.15) is 0 Å². The van der Waals surface area contributed by atoms with Crippen LogP contribution in [0.2, 0.25) is 0 Å². The molecule has 164 valence electrons. The van der Waals surface area contributed by atoms with E-state index in [1.807, 2.05) is 11.0 Å². The van der Waals surface area contributed by atoms with Crippen LogP contribution in [0.4, 0.5) is 0 Å². The molecule has 0 unspecified atom stereocenters. The number of hydrogen-bond donors (Lipinski definition) is 0. The van der Waals surface area contributed by atoms with Crippen molar-refractivity contribution < 1.29 is 9.59 Å². The number of likely N-dealkylation sites (tertiary alicyclic amines) is 3. The second-order valence-corrected chi connectivity index (χ2v) is 9.40. The summed E-state index contributed by atoms with van der Waals surface area (Å²) >= 11 is 0. The van der Waals surface area contributed by atoms with Crippen LogP contribution in [0.25, 0.3) is 0 Å². The highest BCUT2D eigenvalue weighted by atomic mass is 16.2. The lowest BCUT2D eigenvalue weighted by molar-refractivity contribution is -0.139. The third-order valence-electron chi connectivity index (χ3n) is 7.31. The Morgan fingerprint density at radius 2 is 1.53 bits per heavy atom. The molecule has 3 aliphatic heterocycles. The van der Waals surface area contributed by atoms with Crippen molar-refractivity contribution in [3.05, 3.63) is 35.9 Å². The number of amides is 2. The first-order valence-electron chi connectivity index (χ1n) is 12.0. The van der Waals surface area contributed by atoms with Crippen LogP contribution in [0.15, 0.2) is 30.3 Å². The highest BCUT2D eigenvalue weighted by Crippen LogP contribution is 2.32. The first kappa shape index (κ1) is 21.4. The number of rotatable bonds is 5. The molecular weight excluding hydrogens is 374 g/mol. The van der Waals surface area contributed by atoms with Gasteiger partial charge >= 0.3 is 0 Å². The Morgan fingerprint density at radius 1 is 0.833 bits per heavy atom. The van der Waals surface area contributed by atoms with Gasteiger partial charge in [-0.3, -0.25) is 14.5 Å². The topological polar surface area (TPSA) is 43.9 Å². The van der Waals surface area contributed by atoms with E-state index < -0.39 is 0 Å². The van der Waals surface area contributed by atoms with Gasteiger partial charge in [-0.25, -0.2) is 0 Å². The third kappa shape index (κ3) is 5.42. The molecule has 3 aliphatic rings. The van der Waals surface area contributed by atoms with Crippen molar-refractivity contribution in [3.63, 3.8) is 0 Å². The summed E-state index contributed by atoms with van der Waals surface area (Å²) in [5.74, 6) is 1.29. The average molecular weight is 412 g/mol. The van der Waals surface area contributed by atoms with Crippen LogP contribution in [0.3, 0.4) is 0 Å². The highest BCUT2D eigenvalue weighted by Gasteiger charge is 2.35. The van der Waals surface area contributed by atoms with Crippen molar-refractivity contribution in [3.8, 4) is 0 Å². The smallest absolute Gasteiger partial charge is 0.236 e. The number of piperidine rings is 2. The van der Waals surface area contributed by atoms with Crippen molar-refractivity contribution >= 4 is 11.8 Å². The minimum atomic E-state index is 0.163. The van der Waals surface area contributed by atoms with Crippen LogP contribution in [0, 0.1) is 11.8 Å². The molecular formula is C25H37N3O2. The van der Waals surface area contributed by atoms with Gasteiger partial charge in [0.25, 0.3) is 0 Å². The summed E-state index contributed by atoms with van der Waals surface area (Å²) in [6, 6.07) is 10.4. The number of hydrogen-bond acceptors (Lipinski definition) is 3. The van der Waals surface area contributed by atoms with Crippen molar-refractivity contribution in [1.29, 1.82) is 0 Å². The molecule has 1 aromatic carbocycles. The van der Waals surface area contributed by atoms with Gasteiger partial charge in [0.05, 0.1) is 6.54 Å². The Bertz CT molecular complexity index is 694. The Morgan fingerprint density at radius 3 is 2.27 bits per heavy atom. The van der Waals surface area contributed by atoms with E-state index in [0.29, 0.717) is 24.3 Å². The predicted octanol–water partition coefficient (Wildman–Crippen LogP) is 3.54. The molecule has 1 aromatic rings. The van der Waals surface area contributed by atoms with Crippen LogP contribution >= 0.6 is 0 Å². The first-order valence-corrected chi connectivity index (χ1v) is 12.0. The first-order chi connectivity index (χ1) is 14.7. The zero-order valence-electron chi connectivity index (χ0n) is 18.3. The summed E-state index contributed by atoms with van der Waals surface area (Å²) in [6.45, 7) is 5.95. The molecule has 5 heteroatoms. The van der Waals surface area contributed by atoms with Gasteiger partial charge in [-0.05, 0) is 69.5 Å². The molecule has 5 nitrogen and oxygen atoms in total. The largest absolute Gasteiger partial charge is 0.342 e. The second kappa shape index (κ2) is 10.4. The van der Waals surface area contributed by atoms with E-state index in [2.05, 4.69) is 34.1 Å². The van der Waals surface area contributed by atoms with Crippen LogP contribution in [0.5, 0.6) is 0 Å². The fraction of sp³-hybridized carbons (Fsp3) is 0.680. The Balaban J connectivity index is 1.29. The molecule has 3 saturated heterocycles. The Hall–Kier alpha value is -1.88. The normalized spacial score (nSPS) is 24.7.